The Morgan fingerprint density at radius 1 is 1.67 bits per heavy atom. The van der Waals surface area contributed by atoms with Gasteiger partial charge >= 0.3 is 0 Å². The zero-order valence-corrected chi connectivity index (χ0v) is 6.81. The fourth-order valence-electron chi connectivity index (χ4n) is 1.14. The maximum absolute atomic E-state index is 4.91. The van der Waals surface area contributed by atoms with E-state index in [-0.39, 0.29) is 0 Å². The summed E-state index contributed by atoms with van der Waals surface area (Å²) in [4.78, 5) is 4.45. The third-order valence-electron chi connectivity index (χ3n) is 1.96. The molecule has 0 bridgehead atoms. The van der Waals surface area contributed by atoms with Gasteiger partial charge in [-0.1, -0.05) is 5.21 Å². The molecule has 0 aromatic carbocycles. The highest BCUT2D eigenvalue weighted by Gasteiger charge is 2.22. The first-order valence-electron chi connectivity index (χ1n) is 4.09. The number of hydrogen-bond acceptors (Lipinski definition) is 4. The van der Waals surface area contributed by atoms with Crippen LogP contribution in [0, 0.1) is 5.92 Å². The summed E-state index contributed by atoms with van der Waals surface area (Å²) in [7, 11) is 0. The SMILES string of the molecule is NOCc1cn(CC2CC2)nn1. The molecule has 1 fully saturated rings. The highest BCUT2D eigenvalue weighted by molar-refractivity contribution is 4.90. The lowest BCUT2D eigenvalue weighted by Gasteiger charge is -1.94. The van der Waals surface area contributed by atoms with Crippen LogP contribution in [0.15, 0.2) is 6.20 Å². The Morgan fingerprint density at radius 3 is 3.17 bits per heavy atom. The van der Waals surface area contributed by atoms with Crippen LogP contribution in [-0.2, 0) is 18.0 Å². The lowest BCUT2D eigenvalue weighted by molar-refractivity contribution is 0.121. The summed E-state index contributed by atoms with van der Waals surface area (Å²) in [6.07, 6.45) is 4.52. The van der Waals surface area contributed by atoms with E-state index in [4.69, 9.17) is 5.90 Å². The second kappa shape index (κ2) is 3.20. The summed E-state index contributed by atoms with van der Waals surface area (Å²) in [6, 6.07) is 0. The lowest BCUT2D eigenvalue weighted by atomic mass is 10.4. The third-order valence-corrected chi connectivity index (χ3v) is 1.96. The zero-order chi connectivity index (χ0) is 8.39. The van der Waals surface area contributed by atoms with E-state index in [0.29, 0.717) is 6.61 Å². The topological polar surface area (TPSA) is 66.0 Å². The normalized spacial score (nSPS) is 16.8. The maximum Gasteiger partial charge on any atom is 0.113 e. The summed E-state index contributed by atoms with van der Waals surface area (Å²) < 4.78 is 1.85. The first-order chi connectivity index (χ1) is 5.88. The molecule has 0 radical (unpaired) electrons. The van der Waals surface area contributed by atoms with Crippen molar-refractivity contribution in [1.82, 2.24) is 15.0 Å². The van der Waals surface area contributed by atoms with Crippen molar-refractivity contribution >= 4 is 0 Å². The number of hydrogen-bond donors (Lipinski definition) is 1. The van der Waals surface area contributed by atoms with Crippen molar-refractivity contribution in [1.29, 1.82) is 0 Å². The van der Waals surface area contributed by atoms with Crippen molar-refractivity contribution in [3.63, 3.8) is 0 Å². The minimum absolute atomic E-state index is 0.338. The van der Waals surface area contributed by atoms with Crippen LogP contribution in [-0.4, -0.2) is 15.0 Å². The molecule has 1 aromatic rings. The standard InChI is InChI=1S/C7H12N4O/c8-12-5-7-4-11(10-9-7)3-6-1-2-6/h4,6H,1-3,5,8H2. The molecule has 2 N–H and O–H groups in total. The molecule has 66 valence electrons. The average Bonchev–Trinajstić information content (AvgIpc) is 2.74. The van der Waals surface area contributed by atoms with Crippen LogP contribution in [0.4, 0.5) is 0 Å². The second-order valence-electron chi connectivity index (χ2n) is 3.19. The Labute approximate surface area is 70.5 Å². The van der Waals surface area contributed by atoms with Crippen LogP contribution in [0.1, 0.15) is 18.5 Å². The first kappa shape index (κ1) is 7.70. The monoisotopic (exact) mass is 168 g/mol. The van der Waals surface area contributed by atoms with Crippen molar-refractivity contribution in [2.45, 2.75) is 26.0 Å². The van der Waals surface area contributed by atoms with Gasteiger partial charge in [0.2, 0.25) is 0 Å². The smallest absolute Gasteiger partial charge is 0.113 e. The van der Waals surface area contributed by atoms with Crippen molar-refractivity contribution < 1.29 is 4.84 Å². The summed E-state index contributed by atoms with van der Waals surface area (Å²) in [5.41, 5.74) is 0.790. The van der Waals surface area contributed by atoms with Gasteiger partial charge in [-0.2, -0.15) is 0 Å². The molecule has 12 heavy (non-hydrogen) atoms. The van der Waals surface area contributed by atoms with Crippen LogP contribution in [0.5, 0.6) is 0 Å². The molecule has 5 heteroatoms. The molecule has 1 aromatic heterocycles. The Bertz CT molecular complexity index is 256. The van der Waals surface area contributed by atoms with Gasteiger partial charge in [0.05, 0.1) is 6.20 Å². The van der Waals surface area contributed by atoms with Gasteiger partial charge in [0.25, 0.3) is 0 Å². The van der Waals surface area contributed by atoms with Crippen LogP contribution < -0.4 is 5.90 Å². The molecule has 0 spiro atoms. The molecule has 0 amide bonds. The number of rotatable bonds is 4. The van der Waals surface area contributed by atoms with E-state index in [0.717, 1.165) is 18.2 Å². The predicted molar refractivity (Wildman–Crippen MR) is 41.7 cm³/mol. The van der Waals surface area contributed by atoms with E-state index in [1.165, 1.54) is 12.8 Å². The van der Waals surface area contributed by atoms with Gasteiger partial charge in [-0.05, 0) is 18.8 Å². The number of nitrogens with zero attached hydrogens (tertiary/aromatic N) is 3. The molecule has 2 rings (SSSR count). The van der Waals surface area contributed by atoms with Gasteiger partial charge in [0.1, 0.15) is 12.3 Å². The number of nitrogens with two attached hydrogens (primary N) is 1. The Kier molecular flexibility index (Phi) is 2.05. The highest BCUT2D eigenvalue weighted by atomic mass is 16.6. The van der Waals surface area contributed by atoms with Crippen molar-refractivity contribution in [3.05, 3.63) is 11.9 Å². The van der Waals surface area contributed by atoms with Gasteiger partial charge in [0.15, 0.2) is 0 Å². The quantitative estimate of drug-likeness (QED) is 0.646. The lowest BCUT2D eigenvalue weighted by Crippen LogP contribution is -2.00. The molecule has 1 aliphatic rings. The van der Waals surface area contributed by atoms with Crippen LogP contribution in [0.3, 0.4) is 0 Å². The number of aromatic nitrogens is 3. The molecule has 0 atom stereocenters. The Hall–Kier alpha value is -0.940. The molecule has 0 aliphatic heterocycles. The van der Waals surface area contributed by atoms with Crippen LogP contribution >= 0.6 is 0 Å². The molecular weight excluding hydrogens is 156 g/mol. The summed E-state index contributed by atoms with van der Waals surface area (Å²) in [5, 5.41) is 7.84. The van der Waals surface area contributed by atoms with E-state index < -0.39 is 0 Å². The molecule has 1 saturated carbocycles. The van der Waals surface area contributed by atoms with Crippen LogP contribution in [0.2, 0.25) is 0 Å². The van der Waals surface area contributed by atoms with Gasteiger partial charge in [-0.15, -0.1) is 5.10 Å². The molecule has 1 aliphatic carbocycles. The molecule has 1 heterocycles. The van der Waals surface area contributed by atoms with E-state index in [2.05, 4.69) is 15.1 Å². The van der Waals surface area contributed by atoms with Crippen molar-refractivity contribution in [2.75, 3.05) is 0 Å². The maximum atomic E-state index is 4.91. The predicted octanol–water partition coefficient (Wildman–Crippen LogP) is 0.0784. The van der Waals surface area contributed by atoms with E-state index in [9.17, 15) is 0 Å². The molecule has 5 nitrogen and oxygen atoms in total. The van der Waals surface area contributed by atoms with Crippen molar-refractivity contribution in [3.8, 4) is 0 Å². The van der Waals surface area contributed by atoms with Gasteiger partial charge < -0.3 is 0 Å². The van der Waals surface area contributed by atoms with Crippen LogP contribution in [0.25, 0.3) is 0 Å². The van der Waals surface area contributed by atoms with E-state index in [1.807, 2.05) is 10.9 Å². The minimum atomic E-state index is 0.338. The second-order valence-corrected chi connectivity index (χ2v) is 3.19. The Balaban J connectivity index is 1.92. The van der Waals surface area contributed by atoms with Crippen molar-refractivity contribution in [2.24, 2.45) is 11.8 Å². The fourth-order valence-corrected chi connectivity index (χ4v) is 1.14. The van der Waals surface area contributed by atoms with E-state index in [1.54, 1.807) is 0 Å². The van der Waals surface area contributed by atoms with E-state index >= 15 is 0 Å². The summed E-state index contributed by atoms with van der Waals surface area (Å²) in [6.45, 7) is 1.32. The summed E-state index contributed by atoms with van der Waals surface area (Å²) in [5.74, 6) is 5.72. The highest BCUT2D eigenvalue weighted by Crippen LogP contribution is 2.30. The average molecular weight is 168 g/mol. The first-order valence-corrected chi connectivity index (χ1v) is 4.09. The zero-order valence-electron chi connectivity index (χ0n) is 6.81. The molecule has 0 saturated heterocycles. The van der Waals surface area contributed by atoms with Gasteiger partial charge in [-0.3, -0.25) is 9.52 Å². The molecule has 0 unspecified atom stereocenters. The minimum Gasteiger partial charge on any atom is -0.298 e. The molecular formula is C7H12N4O. The fraction of sp³-hybridized carbons (Fsp3) is 0.714. The van der Waals surface area contributed by atoms with Gasteiger partial charge in [0, 0.05) is 6.54 Å². The Morgan fingerprint density at radius 2 is 2.50 bits per heavy atom. The largest absolute Gasteiger partial charge is 0.298 e. The third kappa shape index (κ3) is 1.80. The van der Waals surface area contributed by atoms with Gasteiger partial charge in [-0.25, -0.2) is 5.90 Å². The summed E-state index contributed by atoms with van der Waals surface area (Å²) >= 11 is 0.